The van der Waals surface area contributed by atoms with Crippen molar-refractivity contribution >= 4 is 5.91 Å². The lowest BCUT2D eigenvalue weighted by atomic mass is 9.86. The fourth-order valence-electron chi connectivity index (χ4n) is 2.05. The largest absolute Gasteiger partial charge is 0.355 e. The first kappa shape index (κ1) is 13.5. The van der Waals surface area contributed by atoms with Gasteiger partial charge in [-0.05, 0) is 39.3 Å². The zero-order valence-corrected chi connectivity index (χ0v) is 10.5. The van der Waals surface area contributed by atoms with E-state index in [0.29, 0.717) is 6.04 Å². The summed E-state index contributed by atoms with van der Waals surface area (Å²) in [6, 6.07) is 0.315. The highest BCUT2D eigenvalue weighted by Crippen LogP contribution is 2.22. The number of amides is 1. The zero-order chi connectivity index (χ0) is 12.0. The molecule has 0 saturated heterocycles. The molecule has 0 aliphatic heterocycles. The van der Waals surface area contributed by atoms with Crippen LogP contribution in [0.25, 0.3) is 0 Å². The number of carbonyl (C=O) groups excluding carboxylic acids is 1. The van der Waals surface area contributed by atoms with Gasteiger partial charge in [-0.25, -0.2) is 0 Å². The number of nitrogens with two attached hydrogens (primary N) is 1. The van der Waals surface area contributed by atoms with Crippen LogP contribution >= 0.6 is 0 Å². The highest BCUT2D eigenvalue weighted by Gasteiger charge is 2.23. The molecule has 0 heterocycles. The van der Waals surface area contributed by atoms with Crippen LogP contribution in [0.3, 0.4) is 0 Å². The van der Waals surface area contributed by atoms with E-state index in [1.54, 1.807) is 0 Å². The molecule has 0 bridgehead atoms. The molecule has 94 valence electrons. The molecule has 1 aliphatic carbocycles. The zero-order valence-electron chi connectivity index (χ0n) is 10.5. The van der Waals surface area contributed by atoms with Crippen LogP contribution in [-0.4, -0.2) is 43.5 Å². The molecule has 0 aromatic rings. The molecule has 0 aromatic heterocycles. The first-order valence-electron chi connectivity index (χ1n) is 6.35. The van der Waals surface area contributed by atoms with Crippen LogP contribution < -0.4 is 11.1 Å². The van der Waals surface area contributed by atoms with E-state index in [0.717, 1.165) is 45.3 Å². The molecular weight excluding hydrogens is 202 g/mol. The summed E-state index contributed by atoms with van der Waals surface area (Å²) in [5, 5.41) is 3.01. The number of nitrogens with one attached hydrogen (secondary N) is 1. The van der Waals surface area contributed by atoms with Gasteiger partial charge < -0.3 is 16.0 Å². The summed E-state index contributed by atoms with van der Waals surface area (Å²) in [6.07, 6.45) is 3.90. The number of rotatable bonds is 5. The second-order valence-corrected chi connectivity index (χ2v) is 4.80. The number of hydrogen-bond acceptors (Lipinski definition) is 3. The van der Waals surface area contributed by atoms with Gasteiger partial charge in [-0.1, -0.05) is 6.92 Å². The van der Waals surface area contributed by atoms with Crippen LogP contribution in [0, 0.1) is 5.92 Å². The van der Waals surface area contributed by atoms with Crippen LogP contribution in [0.2, 0.25) is 0 Å². The molecule has 1 fully saturated rings. The molecule has 1 saturated carbocycles. The Morgan fingerprint density at radius 2 is 2.00 bits per heavy atom. The molecule has 4 heteroatoms. The van der Waals surface area contributed by atoms with Gasteiger partial charge >= 0.3 is 0 Å². The van der Waals surface area contributed by atoms with Gasteiger partial charge in [0.15, 0.2) is 0 Å². The summed E-state index contributed by atoms with van der Waals surface area (Å²) in [7, 11) is 2.06. The van der Waals surface area contributed by atoms with Crippen molar-refractivity contribution < 1.29 is 4.79 Å². The third-order valence-electron chi connectivity index (χ3n) is 3.48. The third kappa shape index (κ3) is 4.49. The quantitative estimate of drug-likeness (QED) is 0.722. The van der Waals surface area contributed by atoms with Crippen LogP contribution in [0.5, 0.6) is 0 Å². The van der Waals surface area contributed by atoms with Crippen molar-refractivity contribution in [3.8, 4) is 0 Å². The molecule has 4 nitrogen and oxygen atoms in total. The van der Waals surface area contributed by atoms with Crippen molar-refractivity contribution in [3.05, 3.63) is 0 Å². The van der Waals surface area contributed by atoms with E-state index in [9.17, 15) is 4.79 Å². The average molecular weight is 227 g/mol. The van der Waals surface area contributed by atoms with E-state index in [4.69, 9.17) is 5.73 Å². The number of carbonyl (C=O) groups is 1. The first-order valence-corrected chi connectivity index (χ1v) is 6.35. The molecular formula is C12H25N3O. The summed E-state index contributed by atoms with van der Waals surface area (Å²) in [5.74, 6) is 0.420. The Labute approximate surface area is 98.6 Å². The summed E-state index contributed by atoms with van der Waals surface area (Å²) in [5.41, 5.74) is 5.82. The fourth-order valence-corrected chi connectivity index (χ4v) is 2.05. The second kappa shape index (κ2) is 6.86. The van der Waals surface area contributed by atoms with E-state index < -0.39 is 0 Å². The Morgan fingerprint density at radius 1 is 1.38 bits per heavy atom. The molecule has 0 spiro atoms. The molecule has 1 amide bonds. The smallest absolute Gasteiger partial charge is 0.223 e. The lowest BCUT2D eigenvalue weighted by Gasteiger charge is -2.25. The van der Waals surface area contributed by atoms with Crippen LogP contribution in [0.4, 0.5) is 0 Å². The van der Waals surface area contributed by atoms with E-state index in [1.807, 2.05) is 0 Å². The summed E-state index contributed by atoms with van der Waals surface area (Å²) >= 11 is 0. The SMILES string of the molecule is CCN(C)CCNC(=O)C1CCC(N)CC1. The third-order valence-corrected chi connectivity index (χ3v) is 3.48. The monoisotopic (exact) mass is 227 g/mol. The normalized spacial score (nSPS) is 25.8. The van der Waals surface area contributed by atoms with Gasteiger partial charge in [0.1, 0.15) is 0 Å². The van der Waals surface area contributed by atoms with Crippen LogP contribution in [0.1, 0.15) is 32.6 Å². The molecule has 0 atom stereocenters. The van der Waals surface area contributed by atoms with Crippen molar-refractivity contribution in [3.63, 3.8) is 0 Å². The molecule has 0 aromatic carbocycles. The highest BCUT2D eigenvalue weighted by molar-refractivity contribution is 5.78. The van der Waals surface area contributed by atoms with E-state index in [2.05, 4.69) is 24.2 Å². The van der Waals surface area contributed by atoms with Gasteiger partial charge in [-0.15, -0.1) is 0 Å². The Bertz CT molecular complexity index is 212. The fraction of sp³-hybridized carbons (Fsp3) is 0.917. The number of likely N-dealkylation sites (N-methyl/N-ethyl adjacent to an activating group) is 1. The Hall–Kier alpha value is -0.610. The molecule has 0 unspecified atom stereocenters. The van der Waals surface area contributed by atoms with Crippen molar-refractivity contribution in [2.75, 3.05) is 26.7 Å². The van der Waals surface area contributed by atoms with Crippen molar-refractivity contribution in [1.82, 2.24) is 10.2 Å². The van der Waals surface area contributed by atoms with E-state index in [1.165, 1.54) is 0 Å². The average Bonchev–Trinajstić information content (AvgIpc) is 2.29. The maximum Gasteiger partial charge on any atom is 0.223 e. The molecule has 1 rings (SSSR count). The second-order valence-electron chi connectivity index (χ2n) is 4.80. The molecule has 0 radical (unpaired) electrons. The predicted octanol–water partition coefficient (Wildman–Crippen LogP) is 0.572. The lowest BCUT2D eigenvalue weighted by Crippen LogP contribution is -2.39. The van der Waals surface area contributed by atoms with Crippen molar-refractivity contribution in [2.24, 2.45) is 11.7 Å². The van der Waals surface area contributed by atoms with Gasteiger partial charge in [-0.2, -0.15) is 0 Å². The van der Waals surface area contributed by atoms with Gasteiger partial charge in [0.05, 0.1) is 0 Å². The minimum absolute atomic E-state index is 0.201. The number of nitrogens with zero attached hydrogens (tertiary/aromatic N) is 1. The summed E-state index contributed by atoms with van der Waals surface area (Å²) in [6.45, 7) is 4.82. The van der Waals surface area contributed by atoms with Crippen molar-refractivity contribution in [1.29, 1.82) is 0 Å². The summed E-state index contributed by atoms with van der Waals surface area (Å²) < 4.78 is 0. The lowest BCUT2D eigenvalue weighted by molar-refractivity contribution is -0.126. The van der Waals surface area contributed by atoms with E-state index >= 15 is 0 Å². The Morgan fingerprint density at radius 3 is 2.56 bits per heavy atom. The number of hydrogen-bond donors (Lipinski definition) is 2. The molecule has 3 N–H and O–H groups in total. The maximum atomic E-state index is 11.8. The Kier molecular flexibility index (Phi) is 5.77. The summed E-state index contributed by atoms with van der Waals surface area (Å²) in [4.78, 5) is 14.0. The predicted molar refractivity (Wildman–Crippen MR) is 66.1 cm³/mol. The van der Waals surface area contributed by atoms with Gasteiger partial charge in [-0.3, -0.25) is 4.79 Å². The molecule has 16 heavy (non-hydrogen) atoms. The highest BCUT2D eigenvalue weighted by atomic mass is 16.1. The van der Waals surface area contributed by atoms with E-state index in [-0.39, 0.29) is 11.8 Å². The van der Waals surface area contributed by atoms with Crippen LogP contribution in [-0.2, 0) is 4.79 Å². The van der Waals surface area contributed by atoms with Crippen LogP contribution in [0.15, 0.2) is 0 Å². The molecule has 1 aliphatic rings. The minimum Gasteiger partial charge on any atom is -0.355 e. The standard InChI is InChI=1S/C12H25N3O/c1-3-15(2)9-8-14-12(16)10-4-6-11(13)7-5-10/h10-11H,3-9,13H2,1-2H3,(H,14,16). The van der Waals surface area contributed by atoms with Gasteiger partial charge in [0.25, 0.3) is 0 Å². The van der Waals surface area contributed by atoms with Crippen molar-refractivity contribution in [2.45, 2.75) is 38.6 Å². The maximum absolute atomic E-state index is 11.8. The Balaban J connectivity index is 2.15. The topological polar surface area (TPSA) is 58.4 Å². The van der Waals surface area contributed by atoms with Gasteiger partial charge in [0.2, 0.25) is 5.91 Å². The first-order chi connectivity index (χ1) is 7.63. The minimum atomic E-state index is 0.201. The van der Waals surface area contributed by atoms with Gasteiger partial charge in [0, 0.05) is 25.0 Å².